The number of aromatic amines is 1. The van der Waals surface area contributed by atoms with Gasteiger partial charge in [-0.25, -0.2) is 14.6 Å². The molecule has 0 bridgehead atoms. The van der Waals surface area contributed by atoms with Crippen molar-refractivity contribution in [1.29, 1.82) is 0 Å². The Hall–Kier alpha value is -4.42. The van der Waals surface area contributed by atoms with E-state index in [1.165, 1.54) is 6.33 Å². The van der Waals surface area contributed by atoms with Crippen molar-refractivity contribution in [2.45, 2.75) is 59.2 Å². The largest absolute Gasteiger partial charge is 0.465 e. The highest BCUT2D eigenvalue weighted by Crippen LogP contribution is 2.15. The Morgan fingerprint density at radius 1 is 1.10 bits per heavy atom. The summed E-state index contributed by atoms with van der Waals surface area (Å²) in [4.78, 5) is 60.0. The third kappa shape index (κ3) is 8.55. The van der Waals surface area contributed by atoms with Gasteiger partial charge in [-0.1, -0.05) is 57.5 Å². The lowest BCUT2D eigenvalue weighted by molar-refractivity contribution is -0.151. The zero-order valence-corrected chi connectivity index (χ0v) is 22.9. The van der Waals surface area contributed by atoms with Gasteiger partial charge >= 0.3 is 18.0 Å². The van der Waals surface area contributed by atoms with E-state index in [0.717, 1.165) is 5.56 Å². The number of rotatable bonds is 14. The van der Waals surface area contributed by atoms with Gasteiger partial charge in [-0.2, -0.15) is 4.98 Å². The minimum absolute atomic E-state index is 0.0171. The lowest BCUT2D eigenvalue weighted by Crippen LogP contribution is -2.46. The van der Waals surface area contributed by atoms with Gasteiger partial charge in [0.05, 0.1) is 19.5 Å². The summed E-state index contributed by atoms with van der Waals surface area (Å²) in [7, 11) is 0. The van der Waals surface area contributed by atoms with Crippen LogP contribution in [-0.2, 0) is 37.0 Å². The van der Waals surface area contributed by atoms with E-state index in [2.05, 4.69) is 20.3 Å². The molecule has 3 aromatic rings. The van der Waals surface area contributed by atoms with Crippen molar-refractivity contribution in [3.05, 3.63) is 52.6 Å². The topological polar surface area (TPSA) is 181 Å². The Labute approximate surface area is 231 Å². The molecule has 0 saturated heterocycles. The Bertz CT molecular complexity index is 1340. The zero-order valence-electron chi connectivity index (χ0n) is 22.9. The lowest BCUT2D eigenvalue weighted by Gasteiger charge is -2.24. The van der Waals surface area contributed by atoms with Crippen LogP contribution in [0.3, 0.4) is 0 Å². The molecule has 0 aliphatic heterocycles. The molecule has 2 heterocycles. The average molecular weight is 557 g/mol. The predicted molar refractivity (Wildman–Crippen MR) is 146 cm³/mol. The van der Waals surface area contributed by atoms with Crippen LogP contribution in [0.5, 0.6) is 0 Å². The smallest absolute Gasteiger partial charge is 0.408 e. The fraction of sp³-hybridized carbons (Fsp3) is 0.481. The molecule has 0 saturated carbocycles. The maximum absolute atomic E-state index is 13.1. The number of anilines is 1. The first-order valence-corrected chi connectivity index (χ1v) is 13.2. The van der Waals surface area contributed by atoms with Gasteiger partial charge in [-0.15, -0.1) is 0 Å². The van der Waals surface area contributed by atoms with Crippen LogP contribution in [0.2, 0.25) is 0 Å². The number of alkyl carbamates (subject to hydrolysis) is 1. The molecule has 2 aromatic heterocycles. The summed E-state index contributed by atoms with van der Waals surface area (Å²) < 4.78 is 17.8. The van der Waals surface area contributed by atoms with E-state index in [1.807, 2.05) is 44.2 Å². The van der Waals surface area contributed by atoms with Gasteiger partial charge in [-0.3, -0.25) is 14.6 Å². The highest BCUT2D eigenvalue weighted by atomic mass is 16.6. The van der Waals surface area contributed by atoms with Crippen molar-refractivity contribution >= 4 is 35.1 Å². The number of fused-ring (bicyclic) bond motifs is 1. The van der Waals surface area contributed by atoms with Gasteiger partial charge in [-0.05, 0) is 17.9 Å². The molecule has 216 valence electrons. The van der Waals surface area contributed by atoms with E-state index in [9.17, 15) is 19.2 Å². The number of nitrogens with two attached hydrogens (primary N) is 1. The number of carbonyl (C=O) groups excluding carboxylic acids is 3. The van der Waals surface area contributed by atoms with E-state index in [0.29, 0.717) is 25.0 Å². The third-order valence-corrected chi connectivity index (χ3v) is 6.45. The second kappa shape index (κ2) is 14.7. The predicted octanol–water partition coefficient (Wildman–Crippen LogP) is 2.55. The van der Waals surface area contributed by atoms with Crippen molar-refractivity contribution in [2.75, 3.05) is 18.9 Å². The molecule has 40 heavy (non-hydrogen) atoms. The number of hydrogen-bond acceptors (Lipinski definition) is 10. The molecule has 13 nitrogen and oxygen atoms in total. The summed E-state index contributed by atoms with van der Waals surface area (Å²) in [5, 5.41) is 2.62. The molecular weight excluding hydrogens is 520 g/mol. The van der Waals surface area contributed by atoms with Crippen LogP contribution in [0.15, 0.2) is 41.5 Å². The second-order valence-corrected chi connectivity index (χ2v) is 9.45. The number of nitrogens with one attached hydrogen (secondary N) is 2. The van der Waals surface area contributed by atoms with Crippen molar-refractivity contribution in [3.8, 4) is 0 Å². The number of hydrogen-bond donors (Lipinski definition) is 3. The molecule has 1 aromatic carbocycles. The maximum Gasteiger partial charge on any atom is 0.408 e. The van der Waals surface area contributed by atoms with Crippen LogP contribution in [0.1, 0.15) is 45.6 Å². The number of nitrogens with zero attached hydrogens (tertiary/aromatic N) is 3. The Balaban J connectivity index is 1.63. The monoisotopic (exact) mass is 556 g/mol. The first kappa shape index (κ1) is 30.1. The Morgan fingerprint density at radius 3 is 2.52 bits per heavy atom. The van der Waals surface area contributed by atoms with Crippen molar-refractivity contribution in [1.82, 2.24) is 24.8 Å². The van der Waals surface area contributed by atoms with Gasteiger partial charge in [0.1, 0.15) is 12.6 Å². The van der Waals surface area contributed by atoms with Crippen molar-refractivity contribution < 1.29 is 28.6 Å². The first-order valence-electron chi connectivity index (χ1n) is 13.2. The Morgan fingerprint density at radius 2 is 1.82 bits per heavy atom. The van der Waals surface area contributed by atoms with Crippen LogP contribution < -0.4 is 16.6 Å². The number of ether oxygens (including phenoxy) is 3. The maximum atomic E-state index is 13.1. The number of carbonyl (C=O) groups is 3. The standard InChI is InChI=1S/C27H36N6O7/c1-4-17(3)21(30-27(37)40-13-18-9-7-6-8-10-18)25(36)39-15-19(14-38-20(34)5-2)11-12-33-16-29-22-23(33)31-26(28)32-24(22)35/h6-10,16-17,19,21H,4-5,11-15H2,1-3H3,(H,30,37)(H3,28,31,32,35)/t17-,19?,21-/m0/s1. The average Bonchev–Trinajstić information content (AvgIpc) is 3.37. The molecule has 0 aliphatic carbocycles. The molecule has 1 unspecified atom stereocenters. The first-order chi connectivity index (χ1) is 19.2. The third-order valence-electron chi connectivity index (χ3n) is 6.45. The summed E-state index contributed by atoms with van der Waals surface area (Å²) in [6.07, 6.45) is 1.96. The second-order valence-electron chi connectivity index (χ2n) is 9.45. The fourth-order valence-corrected chi connectivity index (χ4v) is 3.83. The van der Waals surface area contributed by atoms with E-state index >= 15 is 0 Å². The summed E-state index contributed by atoms with van der Waals surface area (Å²) in [5.41, 5.74) is 6.51. The molecule has 0 aliphatic rings. The minimum Gasteiger partial charge on any atom is -0.465 e. The Kier molecular flexibility index (Phi) is 11.0. The summed E-state index contributed by atoms with van der Waals surface area (Å²) in [6, 6.07) is 8.27. The molecule has 3 rings (SSSR count). The van der Waals surface area contributed by atoms with Crippen LogP contribution >= 0.6 is 0 Å². The number of aromatic nitrogens is 4. The molecule has 0 radical (unpaired) electrons. The molecule has 0 fully saturated rings. The summed E-state index contributed by atoms with van der Waals surface area (Å²) in [5.74, 6) is -1.64. The van der Waals surface area contributed by atoms with E-state index < -0.39 is 23.7 Å². The van der Waals surface area contributed by atoms with Gasteiger partial charge in [0.15, 0.2) is 11.2 Å². The zero-order chi connectivity index (χ0) is 29.1. The van der Waals surface area contributed by atoms with Crippen LogP contribution in [0.4, 0.5) is 10.7 Å². The number of imidazole rings is 1. The van der Waals surface area contributed by atoms with Gasteiger partial charge < -0.3 is 29.8 Å². The SMILES string of the molecule is CCC(=O)OCC(CCn1cnc2c(=O)[nH]c(N)nc21)COC(=O)[C@@H](NC(=O)OCc1ccccc1)[C@@H](C)CC. The quantitative estimate of drug-likeness (QED) is 0.197. The van der Waals surface area contributed by atoms with E-state index in [-0.39, 0.29) is 55.5 Å². The molecule has 0 spiro atoms. The number of benzene rings is 1. The van der Waals surface area contributed by atoms with Crippen LogP contribution in [-0.4, -0.2) is 56.8 Å². The van der Waals surface area contributed by atoms with E-state index in [1.54, 1.807) is 11.5 Å². The molecule has 4 N–H and O–H groups in total. The highest BCUT2D eigenvalue weighted by molar-refractivity contribution is 5.81. The van der Waals surface area contributed by atoms with Gasteiger partial charge in [0, 0.05) is 18.9 Å². The van der Waals surface area contributed by atoms with Crippen LogP contribution in [0.25, 0.3) is 11.2 Å². The number of esters is 2. The molecule has 13 heteroatoms. The molecule has 3 atom stereocenters. The van der Waals surface area contributed by atoms with Crippen molar-refractivity contribution in [3.63, 3.8) is 0 Å². The van der Waals surface area contributed by atoms with Gasteiger partial charge in [0.2, 0.25) is 5.95 Å². The van der Waals surface area contributed by atoms with Crippen LogP contribution in [0, 0.1) is 11.8 Å². The number of amides is 1. The minimum atomic E-state index is -0.927. The molecular formula is C27H36N6O7. The number of H-pyrrole nitrogens is 1. The summed E-state index contributed by atoms with van der Waals surface area (Å²) in [6.45, 7) is 5.77. The number of nitrogen functional groups attached to an aromatic ring is 1. The molecule has 1 amide bonds. The highest BCUT2D eigenvalue weighted by Gasteiger charge is 2.29. The lowest BCUT2D eigenvalue weighted by atomic mass is 9.99. The number of aryl methyl sites for hydroxylation is 1. The summed E-state index contributed by atoms with van der Waals surface area (Å²) >= 11 is 0. The fourth-order valence-electron chi connectivity index (χ4n) is 3.83. The van der Waals surface area contributed by atoms with Crippen molar-refractivity contribution in [2.24, 2.45) is 11.8 Å². The normalized spacial score (nSPS) is 13.3. The van der Waals surface area contributed by atoms with E-state index in [4.69, 9.17) is 19.9 Å². The van der Waals surface area contributed by atoms with Gasteiger partial charge in [0.25, 0.3) is 5.56 Å².